The number of hydrogen-bond acceptors (Lipinski definition) is 6. The topological polar surface area (TPSA) is 88.1 Å². The van der Waals surface area contributed by atoms with Crippen LogP contribution in [-0.2, 0) is 11.3 Å². The molecule has 0 fully saturated rings. The average molecular weight is 291 g/mol. The van der Waals surface area contributed by atoms with Crippen LogP contribution in [-0.4, -0.2) is 40.5 Å². The van der Waals surface area contributed by atoms with Gasteiger partial charge in [-0.1, -0.05) is 0 Å². The number of nitrogens with zero attached hydrogens (tertiary/aromatic N) is 4. The van der Waals surface area contributed by atoms with Gasteiger partial charge in [0.05, 0.1) is 12.3 Å². The first-order valence-electron chi connectivity index (χ1n) is 7.04. The summed E-state index contributed by atoms with van der Waals surface area (Å²) in [5, 5.41) is 11.8. The summed E-state index contributed by atoms with van der Waals surface area (Å²) in [7, 11) is 1.70. The monoisotopic (exact) mass is 291 g/mol. The number of nitrogen functional groups attached to an aromatic ring is 1. The lowest BCUT2D eigenvalue weighted by Crippen LogP contribution is -2.05. The van der Waals surface area contributed by atoms with Gasteiger partial charge in [-0.25, -0.2) is 4.68 Å². The van der Waals surface area contributed by atoms with Crippen molar-refractivity contribution >= 4 is 5.69 Å². The van der Waals surface area contributed by atoms with Crippen LogP contribution in [0, 0.1) is 0 Å². The fraction of sp³-hybridized carbons (Fsp3) is 0.500. The fourth-order valence-electron chi connectivity index (χ4n) is 2.04. The highest BCUT2D eigenvalue weighted by molar-refractivity contribution is 5.66. The third-order valence-corrected chi connectivity index (χ3v) is 3.07. The molecule has 0 atom stereocenters. The van der Waals surface area contributed by atoms with E-state index in [1.54, 1.807) is 11.8 Å². The first-order chi connectivity index (χ1) is 10.3. The summed E-state index contributed by atoms with van der Waals surface area (Å²) in [6.07, 6.45) is 1.93. The Morgan fingerprint density at radius 3 is 2.86 bits per heavy atom. The molecule has 7 heteroatoms. The Bertz CT molecular complexity index is 570. The highest BCUT2D eigenvalue weighted by Gasteiger charge is 2.11. The number of aromatic nitrogens is 4. The van der Waals surface area contributed by atoms with E-state index >= 15 is 0 Å². The second-order valence-electron chi connectivity index (χ2n) is 4.61. The van der Waals surface area contributed by atoms with Crippen molar-refractivity contribution in [2.24, 2.45) is 0 Å². The molecule has 2 N–H and O–H groups in total. The molecule has 0 saturated heterocycles. The second-order valence-corrected chi connectivity index (χ2v) is 4.61. The molecular weight excluding hydrogens is 270 g/mol. The van der Waals surface area contributed by atoms with Crippen LogP contribution in [0.15, 0.2) is 18.2 Å². The van der Waals surface area contributed by atoms with E-state index in [4.69, 9.17) is 15.2 Å². The zero-order valence-electron chi connectivity index (χ0n) is 12.5. The quantitative estimate of drug-likeness (QED) is 0.589. The second kappa shape index (κ2) is 7.58. The maximum Gasteiger partial charge on any atom is 0.182 e. The Morgan fingerprint density at radius 1 is 1.29 bits per heavy atom. The van der Waals surface area contributed by atoms with Crippen molar-refractivity contribution in [3.8, 4) is 17.1 Å². The molecule has 0 amide bonds. The lowest BCUT2D eigenvalue weighted by molar-refractivity contribution is 0.191. The lowest BCUT2D eigenvalue weighted by atomic mass is 10.1. The minimum absolute atomic E-state index is 0.584. The zero-order chi connectivity index (χ0) is 15.1. The number of nitrogens with two attached hydrogens (primary N) is 1. The van der Waals surface area contributed by atoms with Crippen LogP contribution in [0.25, 0.3) is 11.4 Å². The Balaban J connectivity index is 2.11. The Kier molecular flexibility index (Phi) is 5.51. The number of tetrazole rings is 1. The summed E-state index contributed by atoms with van der Waals surface area (Å²) >= 11 is 0. The predicted molar refractivity (Wildman–Crippen MR) is 79.9 cm³/mol. The summed E-state index contributed by atoms with van der Waals surface area (Å²) in [5.74, 6) is 1.39. The minimum atomic E-state index is 0.584. The number of hydrogen-bond donors (Lipinski definition) is 1. The highest BCUT2D eigenvalue weighted by Crippen LogP contribution is 2.27. The maximum absolute atomic E-state index is 5.98. The van der Waals surface area contributed by atoms with Crippen LogP contribution < -0.4 is 10.5 Å². The first-order valence-corrected chi connectivity index (χ1v) is 7.04. The third-order valence-electron chi connectivity index (χ3n) is 3.07. The fourth-order valence-corrected chi connectivity index (χ4v) is 2.04. The van der Waals surface area contributed by atoms with Gasteiger partial charge in [-0.2, -0.15) is 0 Å². The third kappa shape index (κ3) is 3.91. The van der Waals surface area contributed by atoms with E-state index < -0.39 is 0 Å². The molecule has 0 radical (unpaired) electrons. The minimum Gasteiger partial charge on any atom is -0.492 e. The molecule has 0 unspecified atom stereocenters. The number of aryl methyl sites for hydroxylation is 1. The maximum atomic E-state index is 5.98. The molecule has 0 bridgehead atoms. The van der Waals surface area contributed by atoms with E-state index in [2.05, 4.69) is 15.5 Å². The molecule has 0 aliphatic heterocycles. The Hall–Kier alpha value is -2.15. The highest BCUT2D eigenvalue weighted by atomic mass is 16.5. The van der Waals surface area contributed by atoms with Crippen molar-refractivity contribution in [2.45, 2.75) is 26.3 Å². The molecule has 1 aromatic heterocycles. The lowest BCUT2D eigenvalue weighted by Gasteiger charge is -2.09. The van der Waals surface area contributed by atoms with E-state index in [0.717, 1.165) is 31.6 Å². The molecule has 114 valence electrons. The molecule has 0 aliphatic carbocycles. The van der Waals surface area contributed by atoms with E-state index in [1.165, 1.54) is 0 Å². The molecule has 0 aliphatic rings. The van der Waals surface area contributed by atoms with Gasteiger partial charge in [0.1, 0.15) is 5.75 Å². The van der Waals surface area contributed by atoms with Crippen molar-refractivity contribution < 1.29 is 9.47 Å². The summed E-state index contributed by atoms with van der Waals surface area (Å²) < 4.78 is 12.3. The van der Waals surface area contributed by atoms with Crippen LogP contribution in [0.1, 0.15) is 19.8 Å². The summed E-state index contributed by atoms with van der Waals surface area (Å²) in [6.45, 7) is 4.00. The van der Waals surface area contributed by atoms with Crippen molar-refractivity contribution in [1.82, 2.24) is 20.2 Å². The van der Waals surface area contributed by atoms with Gasteiger partial charge < -0.3 is 15.2 Å². The van der Waals surface area contributed by atoms with Crippen molar-refractivity contribution in [1.29, 1.82) is 0 Å². The Labute approximate surface area is 124 Å². The van der Waals surface area contributed by atoms with Gasteiger partial charge in [0.25, 0.3) is 0 Å². The van der Waals surface area contributed by atoms with Crippen molar-refractivity contribution in [3.05, 3.63) is 18.2 Å². The molecule has 1 heterocycles. The van der Waals surface area contributed by atoms with Crippen LogP contribution in [0.5, 0.6) is 5.75 Å². The van der Waals surface area contributed by atoms with Crippen LogP contribution in [0.3, 0.4) is 0 Å². The number of ether oxygens (including phenoxy) is 2. The number of methoxy groups -OCH3 is 1. The van der Waals surface area contributed by atoms with E-state index in [-0.39, 0.29) is 0 Å². The molecular formula is C14H21N5O2. The smallest absolute Gasteiger partial charge is 0.182 e. The number of anilines is 1. The standard InChI is InChI=1S/C14H21N5O2/c1-3-21-13-7-6-11(10-12(13)15)14-16-17-18-19(14)8-4-5-9-20-2/h6-7,10H,3-5,8-9,15H2,1-2H3. The molecule has 2 aromatic rings. The van der Waals surface area contributed by atoms with Crippen LogP contribution in [0.4, 0.5) is 5.69 Å². The van der Waals surface area contributed by atoms with Gasteiger partial charge in [-0.15, -0.1) is 5.10 Å². The van der Waals surface area contributed by atoms with Gasteiger partial charge in [0.2, 0.25) is 0 Å². The van der Waals surface area contributed by atoms with Crippen molar-refractivity contribution in [3.63, 3.8) is 0 Å². The average Bonchev–Trinajstić information content (AvgIpc) is 2.94. The number of rotatable bonds is 8. The SMILES string of the molecule is CCOc1ccc(-c2nnnn2CCCCOC)cc1N. The van der Waals surface area contributed by atoms with Gasteiger partial charge in [0.15, 0.2) is 5.82 Å². The zero-order valence-corrected chi connectivity index (χ0v) is 12.5. The van der Waals surface area contributed by atoms with Crippen molar-refractivity contribution in [2.75, 3.05) is 26.1 Å². The molecule has 1 aromatic carbocycles. The first kappa shape index (κ1) is 15.2. The molecule has 0 saturated carbocycles. The van der Waals surface area contributed by atoms with Crippen LogP contribution in [0.2, 0.25) is 0 Å². The van der Waals surface area contributed by atoms with E-state index in [0.29, 0.717) is 23.9 Å². The van der Waals surface area contributed by atoms with Gasteiger partial charge in [-0.05, 0) is 48.4 Å². The number of benzene rings is 1. The summed E-state index contributed by atoms with van der Waals surface area (Å²) in [6, 6.07) is 5.60. The largest absolute Gasteiger partial charge is 0.492 e. The number of unbranched alkanes of at least 4 members (excludes halogenated alkanes) is 1. The summed E-state index contributed by atoms with van der Waals surface area (Å²) in [4.78, 5) is 0. The predicted octanol–water partition coefficient (Wildman–Crippen LogP) is 1.75. The van der Waals surface area contributed by atoms with Gasteiger partial charge in [-0.3, -0.25) is 0 Å². The van der Waals surface area contributed by atoms with Gasteiger partial charge in [0, 0.05) is 25.8 Å². The Morgan fingerprint density at radius 2 is 2.14 bits per heavy atom. The molecule has 21 heavy (non-hydrogen) atoms. The molecule has 0 spiro atoms. The molecule has 7 nitrogen and oxygen atoms in total. The normalized spacial score (nSPS) is 10.8. The molecule has 2 rings (SSSR count). The van der Waals surface area contributed by atoms with Crippen LogP contribution >= 0.6 is 0 Å². The van der Waals surface area contributed by atoms with Gasteiger partial charge >= 0.3 is 0 Å². The summed E-state index contributed by atoms with van der Waals surface area (Å²) in [5.41, 5.74) is 7.45. The van der Waals surface area contributed by atoms with E-state index in [9.17, 15) is 0 Å². The van der Waals surface area contributed by atoms with E-state index in [1.807, 2.05) is 25.1 Å².